The Morgan fingerprint density at radius 3 is 2.07 bits per heavy atom. The van der Waals surface area contributed by atoms with Gasteiger partial charge in [-0.25, -0.2) is 8.93 Å². The molecule has 0 spiro atoms. The molecule has 0 saturated carbocycles. The molecule has 0 amide bonds. The quantitative estimate of drug-likeness (QED) is 0.505. The third-order valence-electron chi connectivity index (χ3n) is 5.07. The minimum atomic E-state index is -1.30. The second kappa shape index (κ2) is 9.52. The molecule has 1 N–H and O–H groups in total. The van der Waals surface area contributed by atoms with Crippen LogP contribution in [0.4, 0.5) is 0 Å². The van der Waals surface area contributed by atoms with E-state index in [0.717, 1.165) is 16.4 Å². The molecule has 0 bridgehead atoms. The molecular weight excluding hydrogens is 414 g/mol. The molecule has 2 atom stereocenters. The zero-order chi connectivity index (χ0) is 20.1. The highest BCUT2D eigenvalue weighted by atomic mass is 32.2. The summed E-state index contributed by atoms with van der Waals surface area (Å²) in [6, 6.07) is 29.0. The molecule has 150 valence electrons. The molecule has 0 aliphatic carbocycles. The normalized spacial score (nSPS) is 18.1. The first-order chi connectivity index (χ1) is 14.2. The molecule has 2 nitrogen and oxygen atoms in total. The van der Waals surface area contributed by atoms with E-state index in [0.29, 0.717) is 0 Å². The molecule has 0 aromatic heterocycles. The molecule has 29 heavy (non-hydrogen) atoms. The maximum absolute atomic E-state index is 13.3. The number of benzene rings is 3. The first-order valence-corrected chi connectivity index (χ1v) is 12.9. The Bertz CT molecular complexity index is 939. The van der Waals surface area contributed by atoms with E-state index >= 15 is 0 Å². The van der Waals surface area contributed by atoms with Gasteiger partial charge in [-0.05, 0) is 48.1 Å². The van der Waals surface area contributed by atoms with Gasteiger partial charge in [0, 0.05) is 0 Å². The van der Waals surface area contributed by atoms with E-state index in [1.54, 1.807) is 0 Å². The fraction of sp³-hybridized carbons (Fsp3) is 0.250. The van der Waals surface area contributed by atoms with Gasteiger partial charge in [0.05, 0.1) is 10.9 Å². The second-order valence-corrected chi connectivity index (χ2v) is 11.3. The Morgan fingerprint density at radius 1 is 0.862 bits per heavy atom. The average Bonchev–Trinajstić information content (AvgIpc) is 2.79. The molecule has 1 aliphatic heterocycles. The van der Waals surface area contributed by atoms with Gasteiger partial charge in [-0.3, -0.25) is 0 Å². The molecule has 4 rings (SSSR count). The Labute approximate surface area is 184 Å². The fourth-order valence-electron chi connectivity index (χ4n) is 3.57. The van der Waals surface area contributed by atoms with Crippen LogP contribution >= 0.6 is 23.5 Å². The van der Waals surface area contributed by atoms with Gasteiger partial charge in [0.15, 0.2) is 0 Å². The number of hydrogen-bond acceptors (Lipinski definition) is 3. The minimum absolute atomic E-state index is 0.0801. The molecule has 3 aromatic rings. The number of thioether (sulfide) groups is 2. The molecule has 5 heteroatoms. The summed E-state index contributed by atoms with van der Waals surface area (Å²) in [5.41, 5.74) is 3.61. The third-order valence-corrected chi connectivity index (χ3v) is 9.71. The van der Waals surface area contributed by atoms with Crippen molar-refractivity contribution in [2.45, 2.75) is 28.4 Å². The van der Waals surface area contributed by atoms with Crippen molar-refractivity contribution < 1.29 is 4.21 Å². The van der Waals surface area contributed by atoms with Crippen LogP contribution < -0.4 is 4.72 Å². The largest absolute Gasteiger partial charge is 0.237 e. The van der Waals surface area contributed by atoms with Crippen LogP contribution in [0.25, 0.3) is 0 Å². The zero-order valence-electron chi connectivity index (χ0n) is 16.4. The van der Waals surface area contributed by atoms with Crippen molar-refractivity contribution >= 4 is 34.5 Å². The molecule has 3 aromatic carbocycles. The highest BCUT2D eigenvalue weighted by Gasteiger charge is 2.44. The maximum Gasteiger partial charge on any atom is 0.125 e. The summed E-state index contributed by atoms with van der Waals surface area (Å²) >= 11 is 3.94. The van der Waals surface area contributed by atoms with E-state index < -0.39 is 11.0 Å². The lowest BCUT2D eigenvalue weighted by Gasteiger charge is -2.43. The van der Waals surface area contributed by atoms with Gasteiger partial charge < -0.3 is 0 Å². The monoisotopic (exact) mass is 439 g/mol. The van der Waals surface area contributed by atoms with Gasteiger partial charge in [0.1, 0.15) is 15.1 Å². The maximum atomic E-state index is 13.3. The van der Waals surface area contributed by atoms with Crippen molar-refractivity contribution in [3.05, 3.63) is 102 Å². The van der Waals surface area contributed by atoms with Crippen LogP contribution in [0.2, 0.25) is 0 Å². The number of hydrogen-bond donors (Lipinski definition) is 1. The van der Waals surface area contributed by atoms with E-state index in [9.17, 15) is 4.21 Å². The first-order valence-electron chi connectivity index (χ1n) is 9.82. The molecule has 1 aliphatic rings. The molecule has 1 heterocycles. The van der Waals surface area contributed by atoms with Crippen molar-refractivity contribution in [3.8, 4) is 0 Å². The topological polar surface area (TPSA) is 29.1 Å². The predicted octanol–water partition coefficient (Wildman–Crippen LogP) is 6.07. The number of nitrogens with one attached hydrogen (secondary N) is 1. The zero-order valence-corrected chi connectivity index (χ0v) is 18.9. The lowest BCUT2D eigenvalue weighted by Crippen LogP contribution is -2.40. The van der Waals surface area contributed by atoms with Crippen molar-refractivity contribution in [1.29, 1.82) is 0 Å². The molecule has 0 radical (unpaired) electrons. The second-order valence-electron chi connectivity index (χ2n) is 7.13. The molecule has 1 saturated heterocycles. The summed E-state index contributed by atoms with van der Waals surface area (Å²) in [6.45, 7) is 2.05. The standard InChI is InChI=1S/C24H25NOS3/c1-19-13-15-22(16-14-19)29(26)25-23(20-9-4-2-5-10-20)24(27-17-8-18-28-24)21-11-6-3-7-12-21/h2-7,9-16,23,25H,8,17-18H2,1H3/t23-,29?/m0/s1. The summed E-state index contributed by atoms with van der Waals surface area (Å²) in [7, 11) is -1.30. The van der Waals surface area contributed by atoms with Crippen LogP contribution in [0.1, 0.15) is 29.2 Å². The Morgan fingerprint density at radius 2 is 1.45 bits per heavy atom. The smallest absolute Gasteiger partial charge is 0.125 e. The highest BCUT2D eigenvalue weighted by molar-refractivity contribution is 8.18. The lowest BCUT2D eigenvalue weighted by molar-refractivity contribution is 0.589. The highest BCUT2D eigenvalue weighted by Crippen LogP contribution is 2.57. The number of aryl methyl sites for hydroxylation is 1. The van der Waals surface area contributed by atoms with E-state index in [-0.39, 0.29) is 10.1 Å². The third kappa shape index (κ3) is 4.64. The van der Waals surface area contributed by atoms with Gasteiger partial charge in [-0.1, -0.05) is 78.4 Å². The van der Waals surface area contributed by atoms with Crippen molar-refractivity contribution in [2.75, 3.05) is 11.5 Å². The van der Waals surface area contributed by atoms with Crippen LogP contribution in [0.3, 0.4) is 0 Å². The van der Waals surface area contributed by atoms with Crippen molar-refractivity contribution in [2.24, 2.45) is 0 Å². The summed E-state index contributed by atoms with van der Waals surface area (Å²) < 4.78 is 16.6. The van der Waals surface area contributed by atoms with Crippen LogP contribution in [-0.2, 0) is 15.1 Å². The predicted molar refractivity (Wildman–Crippen MR) is 128 cm³/mol. The van der Waals surface area contributed by atoms with Gasteiger partial charge >= 0.3 is 0 Å². The van der Waals surface area contributed by atoms with E-state index in [1.165, 1.54) is 23.1 Å². The van der Waals surface area contributed by atoms with E-state index in [2.05, 4.69) is 59.3 Å². The van der Waals surface area contributed by atoms with Crippen molar-refractivity contribution in [3.63, 3.8) is 0 Å². The van der Waals surface area contributed by atoms with Gasteiger partial charge in [-0.2, -0.15) is 0 Å². The van der Waals surface area contributed by atoms with E-state index in [1.807, 2.05) is 60.8 Å². The Hall–Kier alpha value is -1.53. The van der Waals surface area contributed by atoms with Crippen LogP contribution in [-0.4, -0.2) is 15.7 Å². The lowest BCUT2D eigenvalue weighted by atomic mass is 9.98. The van der Waals surface area contributed by atoms with Crippen LogP contribution in [0, 0.1) is 6.92 Å². The summed E-state index contributed by atoms with van der Waals surface area (Å²) in [6.07, 6.45) is 1.20. The Kier molecular flexibility index (Phi) is 6.81. The molecule has 1 unspecified atom stereocenters. The summed E-state index contributed by atoms with van der Waals surface area (Å²) in [5, 5.41) is 0. The fourth-order valence-corrected chi connectivity index (χ4v) is 8.29. The number of rotatable bonds is 6. The first kappa shape index (κ1) is 20.7. The van der Waals surface area contributed by atoms with Crippen LogP contribution in [0.15, 0.2) is 89.8 Å². The van der Waals surface area contributed by atoms with E-state index in [4.69, 9.17) is 0 Å². The summed E-state index contributed by atoms with van der Waals surface area (Å²) in [4.78, 5) is 0.811. The van der Waals surface area contributed by atoms with Crippen molar-refractivity contribution in [1.82, 2.24) is 4.72 Å². The SMILES string of the molecule is Cc1ccc(S(=O)N[C@@H](c2ccccc2)C2(c3ccccc3)SCCCS2)cc1. The Balaban J connectivity index is 1.76. The average molecular weight is 440 g/mol. The van der Waals surface area contributed by atoms with Crippen LogP contribution in [0.5, 0.6) is 0 Å². The van der Waals surface area contributed by atoms with Gasteiger partial charge in [-0.15, -0.1) is 23.5 Å². The van der Waals surface area contributed by atoms with Gasteiger partial charge in [0.25, 0.3) is 0 Å². The van der Waals surface area contributed by atoms with Gasteiger partial charge in [0.2, 0.25) is 0 Å². The minimum Gasteiger partial charge on any atom is -0.237 e. The molecule has 1 fully saturated rings. The molecular formula is C24H25NOS3. The summed E-state index contributed by atoms with van der Waals surface area (Å²) in [5.74, 6) is 2.20.